The van der Waals surface area contributed by atoms with Crippen LogP contribution in [0, 0.1) is 0 Å². The number of carbonyl (C=O) groups is 2. The van der Waals surface area contributed by atoms with E-state index in [0.717, 1.165) is 12.8 Å². The van der Waals surface area contributed by atoms with Crippen LogP contribution in [0.15, 0.2) is 45.9 Å². The van der Waals surface area contributed by atoms with Crippen LogP contribution >= 0.6 is 0 Å². The molecule has 0 N–H and O–H groups in total. The summed E-state index contributed by atoms with van der Waals surface area (Å²) < 4.78 is 41.3. The third-order valence-corrected chi connectivity index (χ3v) is 6.19. The van der Waals surface area contributed by atoms with E-state index in [1.807, 2.05) is 0 Å². The van der Waals surface area contributed by atoms with Gasteiger partial charge in [-0.25, -0.2) is 18.0 Å². The average Bonchev–Trinajstić information content (AvgIpc) is 3.37. The summed E-state index contributed by atoms with van der Waals surface area (Å²) in [7, 11) is -2.29. The number of benzene rings is 1. The Labute approximate surface area is 156 Å². The summed E-state index contributed by atoms with van der Waals surface area (Å²) in [6.45, 7) is 0.777. The molecule has 3 rings (SSSR count). The number of sulfonamides is 1. The van der Waals surface area contributed by atoms with Crippen molar-refractivity contribution in [3.63, 3.8) is 0 Å². The Kier molecular flexibility index (Phi) is 5.62. The lowest BCUT2D eigenvalue weighted by Gasteiger charge is -2.15. The van der Waals surface area contributed by atoms with Gasteiger partial charge in [-0.3, -0.25) is 0 Å². The van der Waals surface area contributed by atoms with Crippen LogP contribution in [0.1, 0.15) is 39.3 Å². The van der Waals surface area contributed by atoms with E-state index in [4.69, 9.17) is 9.15 Å². The first-order valence-electron chi connectivity index (χ1n) is 8.35. The molecular formula is C18H19NO7S. The third kappa shape index (κ3) is 4.04. The molecule has 0 aliphatic carbocycles. The highest BCUT2D eigenvalue weighted by Crippen LogP contribution is 2.21. The second kappa shape index (κ2) is 7.93. The minimum atomic E-state index is -3.53. The number of furan rings is 1. The normalized spacial score (nSPS) is 14.9. The Morgan fingerprint density at radius 2 is 1.74 bits per heavy atom. The van der Waals surface area contributed by atoms with Crippen LogP contribution in [0.25, 0.3) is 0 Å². The molecule has 1 saturated heterocycles. The van der Waals surface area contributed by atoms with Gasteiger partial charge in [-0.1, -0.05) is 0 Å². The van der Waals surface area contributed by atoms with Crippen molar-refractivity contribution in [2.75, 3.05) is 20.2 Å². The van der Waals surface area contributed by atoms with Gasteiger partial charge in [0, 0.05) is 13.1 Å². The number of ether oxygens (including phenoxy) is 2. The molecule has 1 aromatic heterocycles. The van der Waals surface area contributed by atoms with Crippen molar-refractivity contribution in [1.82, 2.24) is 4.31 Å². The van der Waals surface area contributed by atoms with Crippen molar-refractivity contribution < 1.29 is 31.9 Å². The van der Waals surface area contributed by atoms with Crippen LogP contribution in [-0.4, -0.2) is 44.9 Å². The summed E-state index contributed by atoms with van der Waals surface area (Å²) in [5.74, 6) is -1.08. The highest BCUT2D eigenvalue weighted by molar-refractivity contribution is 7.89. The summed E-state index contributed by atoms with van der Waals surface area (Å²) in [6, 6.07) is 6.99. The Morgan fingerprint density at radius 1 is 1.07 bits per heavy atom. The maximum absolute atomic E-state index is 12.5. The van der Waals surface area contributed by atoms with Crippen molar-refractivity contribution >= 4 is 22.0 Å². The van der Waals surface area contributed by atoms with Crippen molar-refractivity contribution in [2.24, 2.45) is 0 Å². The lowest BCUT2D eigenvalue weighted by Crippen LogP contribution is -2.27. The van der Waals surface area contributed by atoms with Crippen LogP contribution < -0.4 is 0 Å². The minimum absolute atomic E-state index is 0.139. The van der Waals surface area contributed by atoms with E-state index in [2.05, 4.69) is 4.74 Å². The number of hydrogen-bond donors (Lipinski definition) is 0. The van der Waals surface area contributed by atoms with Crippen molar-refractivity contribution in [3.8, 4) is 0 Å². The zero-order valence-electron chi connectivity index (χ0n) is 14.7. The van der Waals surface area contributed by atoms with Crippen LogP contribution in [0.3, 0.4) is 0 Å². The van der Waals surface area contributed by atoms with E-state index in [-0.39, 0.29) is 28.4 Å². The lowest BCUT2D eigenvalue weighted by atomic mass is 10.2. The molecule has 144 valence electrons. The Bertz CT molecular complexity index is 925. The van der Waals surface area contributed by atoms with Crippen LogP contribution in [0.5, 0.6) is 0 Å². The second-order valence-corrected chi connectivity index (χ2v) is 7.90. The van der Waals surface area contributed by atoms with Gasteiger partial charge < -0.3 is 13.9 Å². The SMILES string of the molecule is COC(=O)c1ccoc1COC(=O)c1ccc(S(=O)(=O)N2CCCC2)cc1. The molecule has 2 aromatic rings. The first kappa shape index (κ1) is 19.1. The smallest absolute Gasteiger partial charge is 0.341 e. The summed E-state index contributed by atoms with van der Waals surface area (Å²) in [4.78, 5) is 23.9. The summed E-state index contributed by atoms with van der Waals surface area (Å²) in [5.41, 5.74) is 0.374. The molecule has 1 aliphatic heterocycles. The molecule has 0 bridgehead atoms. The summed E-state index contributed by atoms with van der Waals surface area (Å²) in [5, 5.41) is 0. The van der Waals surface area contributed by atoms with E-state index in [9.17, 15) is 18.0 Å². The molecule has 0 saturated carbocycles. The zero-order chi connectivity index (χ0) is 19.4. The third-order valence-electron chi connectivity index (χ3n) is 4.28. The highest BCUT2D eigenvalue weighted by atomic mass is 32.2. The van der Waals surface area contributed by atoms with Crippen LogP contribution in [0.4, 0.5) is 0 Å². The molecule has 9 heteroatoms. The van der Waals surface area contributed by atoms with Crippen LogP contribution in [0.2, 0.25) is 0 Å². The van der Waals surface area contributed by atoms with Gasteiger partial charge in [-0.2, -0.15) is 4.31 Å². The average molecular weight is 393 g/mol. The highest BCUT2D eigenvalue weighted by Gasteiger charge is 2.27. The quantitative estimate of drug-likeness (QED) is 0.693. The van der Waals surface area contributed by atoms with Gasteiger partial charge >= 0.3 is 11.9 Å². The maximum Gasteiger partial charge on any atom is 0.341 e. The van der Waals surface area contributed by atoms with Gasteiger partial charge in [0.2, 0.25) is 10.0 Å². The fraction of sp³-hybridized carbons (Fsp3) is 0.333. The number of carbonyl (C=O) groups excluding carboxylic acids is 2. The number of methoxy groups -OCH3 is 1. The molecule has 27 heavy (non-hydrogen) atoms. The van der Waals surface area contributed by atoms with E-state index < -0.39 is 22.0 Å². The number of esters is 2. The summed E-state index contributed by atoms with van der Waals surface area (Å²) in [6.07, 6.45) is 3.00. The molecule has 0 radical (unpaired) electrons. The van der Waals surface area contributed by atoms with Gasteiger partial charge in [0.05, 0.1) is 23.8 Å². The van der Waals surface area contributed by atoms with Gasteiger partial charge in [-0.15, -0.1) is 0 Å². The zero-order valence-corrected chi connectivity index (χ0v) is 15.5. The van der Waals surface area contributed by atoms with Crippen molar-refractivity contribution in [3.05, 3.63) is 53.5 Å². The molecule has 1 aromatic carbocycles. The molecule has 2 heterocycles. The standard InChI is InChI=1S/C18H19NO7S/c1-24-18(21)15-8-11-25-16(15)12-26-17(20)13-4-6-14(7-5-13)27(22,23)19-9-2-3-10-19/h4-8,11H,2-3,9-10,12H2,1H3. The van der Waals surface area contributed by atoms with Crippen molar-refractivity contribution in [2.45, 2.75) is 24.3 Å². The monoisotopic (exact) mass is 393 g/mol. The van der Waals surface area contributed by atoms with E-state index in [1.165, 1.54) is 48.0 Å². The molecule has 1 fully saturated rings. The summed E-state index contributed by atoms with van der Waals surface area (Å²) >= 11 is 0. The molecule has 0 amide bonds. The van der Waals surface area contributed by atoms with Gasteiger partial charge in [-0.05, 0) is 43.2 Å². The maximum atomic E-state index is 12.5. The predicted molar refractivity (Wildman–Crippen MR) is 93.6 cm³/mol. The fourth-order valence-corrected chi connectivity index (χ4v) is 4.32. The Balaban J connectivity index is 1.66. The number of hydrogen-bond acceptors (Lipinski definition) is 7. The van der Waals surface area contributed by atoms with Crippen LogP contribution in [-0.2, 0) is 26.1 Å². The molecule has 0 unspecified atom stereocenters. The lowest BCUT2D eigenvalue weighted by molar-refractivity contribution is 0.0432. The molecule has 8 nitrogen and oxygen atoms in total. The topological polar surface area (TPSA) is 103 Å². The van der Waals surface area contributed by atoms with E-state index in [1.54, 1.807) is 0 Å². The molecule has 1 aliphatic rings. The van der Waals surface area contributed by atoms with Gasteiger partial charge in [0.1, 0.15) is 5.56 Å². The predicted octanol–water partition coefficient (Wildman–Crippen LogP) is 2.21. The molecular weight excluding hydrogens is 374 g/mol. The van der Waals surface area contributed by atoms with E-state index >= 15 is 0 Å². The van der Waals surface area contributed by atoms with Crippen molar-refractivity contribution in [1.29, 1.82) is 0 Å². The Hall–Kier alpha value is -2.65. The molecule has 0 atom stereocenters. The van der Waals surface area contributed by atoms with Gasteiger partial charge in [0.25, 0.3) is 0 Å². The van der Waals surface area contributed by atoms with E-state index in [0.29, 0.717) is 13.1 Å². The van der Waals surface area contributed by atoms with Gasteiger partial charge in [0.15, 0.2) is 12.4 Å². The minimum Gasteiger partial charge on any atom is -0.465 e. The first-order valence-corrected chi connectivity index (χ1v) is 9.79. The Morgan fingerprint density at radius 3 is 2.37 bits per heavy atom. The number of rotatable bonds is 6. The largest absolute Gasteiger partial charge is 0.465 e. The number of nitrogens with zero attached hydrogens (tertiary/aromatic N) is 1. The molecule has 0 spiro atoms. The fourth-order valence-electron chi connectivity index (χ4n) is 2.80. The first-order chi connectivity index (χ1) is 12.9. The second-order valence-electron chi connectivity index (χ2n) is 5.96.